The molecule has 1 N–H and O–H groups in total. The number of benzene rings is 1. The fourth-order valence-corrected chi connectivity index (χ4v) is 2.70. The highest BCUT2D eigenvalue weighted by Gasteiger charge is 2.34. The predicted octanol–water partition coefficient (Wildman–Crippen LogP) is 1.11. The molecule has 8 nitrogen and oxygen atoms in total. The third-order valence-electron chi connectivity index (χ3n) is 3.95. The van der Waals surface area contributed by atoms with Gasteiger partial charge in [0.25, 0.3) is 0 Å². The molecule has 3 rings (SSSR count). The number of aromatic nitrogens is 1. The van der Waals surface area contributed by atoms with Crippen LogP contribution in [-0.2, 0) is 14.4 Å². The van der Waals surface area contributed by atoms with Crippen LogP contribution in [0.5, 0.6) is 0 Å². The zero-order valence-corrected chi connectivity index (χ0v) is 14.0. The molecule has 8 heteroatoms. The van der Waals surface area contributed by atoms with Crippen LogP contribution in [0.3, 0.4) is 0 Å². The molecule has 0 radical (unpaired) electrons. The lowest BCUT2D eigenvalue weighted by molar-refractivity contribution is -0.147. The number of hydrogen-bond donors (Lipinski definition) is 1. The average molecular weight is 342 g/mol. The van der Waals surface area contributed by atoms with Crippen molar-refractivity contribution in [1.82, 2.24) is 10.1 Å². The molecule has 1 saturated heterocycles. The largest absolute Gasteiger partial charge is 0.360 e. The summed E-state index contributed by atoms with van der Waals surface area (Å²) in [5.41, 5.74) is 1.62. The lowest BCUT2D eigenvalue weighted by Gasteiger charge is -2.34. The smallest absolute Gasteiger partial charge is 0.316 e. The molecule has 1 aromatic heterocycles. The number of rotatable bonds is 4. The average Bonchev–Trinajstić information content (AvgIpc) is 2.98. The molecule has 0 saturated carbocycles. The van der Waals surface area contributed by atoms with Crippen molar-refractivity contribution in [3.05, 3.63) is 41.7 Å². The first kappa shape index (κ1) is 16.7. The van der Waals surface area contributed by atoms with E-state index < -0.39 is 17.7 Å². The first-order valence-electron chi connectivity index (χ1n) is 7.85. The summed E-state index contributed by atoms with van der Waals surface area (Å²) < 4.78 is 4.86. The Bertz CT molecular complexity index is 830. The first-order valence-corrected chi connectivity index (χ1v) is 7.85. The molecule has 0 unspecified atom stereocenters. The van der Waals surface area contributed by atoms with Crippen molar-refractivity contribution in [3.63, 3.8) is 0 Å². The number of nitrogens with zero attached hydrogens (tertiary/aromatic N) is 3. The van der Waals surface area contributed by atoms with Gasteiger partial charge in [0.2, 0.25) is 5.91 Å². The Balaban J connectivity index is 1.64. The summed E-state index contributed by atoms with van der Waals surface area (Å²) in [4.78, 5) is 39.5. The Morgan fingerprint density at radius 3 is 2.64 bits per heavy atom. The molecule has 2 aromatic rings. The van der Waals surface area contributed by atoms with E-state index in [0.717, 1.165) is 5.56 Å². The molecule has 1 aromatic carbocycles. The summed E-state index contributed by atoms with van der Waals surface area (Å²) in [6, 6.07) is 8.95. The van der Waals surface area contributed by atoms with Crippen LogP contribution in [0.1, 0.15) is 11.3 Å². The first-order chi connectivity index (χ1) is 12.0. The van der Waals surface area contributed by atoms with Gasteiger partial charge < -0.3 is 19.6 Å². The fraction of sp³-hybridized carbons (Fsp3) is 0.294. The molecule has 1 aliphatic rings. The van der Waals surface area contributed by atoms with Gasteiger partial charge in [-0.1, -0.05) is 23.4 Å². The van der Waals surface area contributed by atoms with Crippen LogP contribution in [0.15, 0.2) is 34.9 Å². The summed E-state index contributed by atoms with van der Waals surface area (Å²) in [5.74, 6) is -0.918. The van der Waals surface area contributed by atoms with Crippen molar-refractivity contribution in [3.8, 4) is 0 Å². The summed E-state index contributed by atoms with van der Waals surface area (Å²) in [7, 11) is 0. The number of anilines is 2. The Morgan fingerprint density at radius 1 is 1.20 bits per heavy atom. The van der Waals surface area contributed by atoms with E-state index in [4.69, 9.17) is 4.52 Å². The van der Waals surface area contributed by atoms with Crippen molar-refractivity contribution >= 4 is 29.2 Å². The summed E-state index contributed by atoms with van der Waals surface area (Å²) >= 11 is 0. The van der Waals surface area contributed by atoms with Crippen molar-refractivity contribution in [1.29, 1.82) is 0 Å². The minimum atomic E-state index is -0.694. The number of carbonyl (C=O) groups is 3. The molecule has 1 fully saturated rings. The molecule has 0 atom stereocenters. The van der Waals surface area contributed by atoms with Crippen LogP contribution in [0.25, 0.3) is 0 Å². The molecule has 0 spiro atoms. The molecule has 3 amide bonds. The summed E-state index contributed by atoms with van der Waals surface area (Å²) in [5, 5.41) is 6.19. The summed E-state index contributed by atoms with van der Waals surface area (Å²) in [6.07, 6.45) is 0. The zero-order chi connectivity index (χ0) is 18.0. The van der Waals surface area contributed by atoms with Crippen molar-refractivity contribution in [2.24, 2.45) is 0 Å². The highest BCUT2D eigenvalue weighted by Crippen LogP contribution is 2.22. The Kier molecular flexibility index (Phi) is 4.51. The van der Waals surface area contributed by atoms with E-state index in [1.165, 1.54) is 9.80 Å². The second kappa shape index (κ2) is 6.76. The van der Waals surface area contributed by atoms with Gasteiger partial charge in [-0.15, -0.1) is 0 Å². The van der Waals surface area contributed by atoms with Gasteiger partial charge in [-0.2, -0.15) is 0 Å². The Hall–Kier alpha value is -3.16. The maximum absolute atomic E-state index is 12.4. The number of nitrogens with one attached hydrogen (secondary N) is 1. The Morgan fingerprint density at radius 2 is 1.96 bits per heavy atom. The number of piperazine rings is 1. The van der Waals surface area contributed by atoms with Crippen LogP contribution in [0, 0.1) is 13.8 Å². The van der Waals surface area contributed by atoms with E-state index in [2.05, 4.69) is 10.5 Å². The van der Waals surface area contributed by atoms with E-state index in [9.17, 15) is 14.4 Å². The van der Waals surface area contributed by atoms with E-state index in [-0.39, 0.29) is 18.9 Å². The van der Waals surface area contributed by atoms with Gasteiger partial charge in [-0.05, 0) is 25.5 Å². The second-order valence-electron chi connectivity index (χ2n) is 5.84. The fourth-order valence-electron chi connectivity index (χ4n) is 2.70. The van der Waals surface area contributed by atoms with Gasteiger partial charge in [0.05, 0.1) is 0 Å². The molecule has 130 valence electrons. The maximum atomic E-state index is 12.4. The predicted molar refractivity (Wildman–Crippen MR) is 90.0 cm³/mol. The van der Waals surface area contributed by atoms with Crippen molar-refractivity contribution in [2.45, 2.75) is 13.8 Å². The zero-order valence-electron chi connectivity index (χ0n) is 14.0. The molecule has 2 heterocycles. The Labute approximate surface area is 144 Å². The van der Waals surface area contributed by atoms with Gasteiger partial charge >= 0.3 is 11.8 Å². The van der Waals surface area contributed by atoms with Gasteiger partial charge in [0.15, 0.2) is 5.82 Å². The van der Waals surface area contributed by atoms with E-state index in [0.29, 0.717) is 18.0 Å². The van der Waals surface area contributed by atoms with Gasteiger partial charge in [-0.3, -0.25) is 14.4 Å². The lowest BCUT2D eigenvalue weighted by atomic mass is 10.1. The van der Waals surface area contributed by atoms with Gasteiger partial charge in [-0.25, -0.2) is 0 Å². The minimum Gasteiger partial charge on any atom is -0.360 e. The molecule has 0 aliphatic carbocycles. The highest BCUT2D eigenvalue weighted by atomic mass is 16.5. The van der Waals surface area contributed by atoms with E-state index >= 15 is 0 Å². The summed E-state index contributed by atoms with van der Waals surface area (Å²) in [6.45, 7) is 4.00. The van der Waals surface area contributed by atoms with Gasteiger partial charge in [0, 0.05) is 24.8 Å². The molecule has 25 heavy (non-hydrogen) atoms. The van der Waals surface area contributed by atoms with Crippen LogP contribution in [0.4, 0.5) is 11.5 Å². The molecular weight excluding hydrogens is 324 g/mol. The third-order valence-corrected chi connectivity index (χ3v) is 3.95. The number of hydrogen-bond acceptors (Lipinski definition) is 5. The quantitative estimate of drug-likeness (QED) is 0.840. The van der Waals surface area contributed by atoms with Crippen LogP contribution in [-0.4, -0.2) is 47.4 Å². The molecule has 1 aliphatic heterocycles. The minimum absolute atomic E-state index is 0.210. The number of carbonyl (C=O) groups excluding carboxylic acids is 3. The standard InChI is InChI=1S/C17H18N4O4/c1-11-5-3-4-6-13(11)21-8-7-20(16(23)17(21)24)10-15(22)18-14-9-12(2)25-19-14/h3-6,9H,7-8,10H2,1-2H3,(H,18,19,22). The normalized spacial score (nSPS) is 14.8. The number of aryl methyl sites for hydroxylation is 2. The van der Waals surface area contributed by atoms with Gasteiger partial charge in [0.1, 0.15) is 12.3 Å². The number of amides is 3. The van der Waals surface area contributed by atoms with E-state index in [1.807, 2.05) is 25.1 Å². The van der Waals surface area contributed by atoms with Crippen molar-refractivity contribution < 1.29 is 18.9 Å². The van der Waals surface area contributed by atoms with E-state index in [1.54, 1.807) is 19.1 Å². The van der Waals surface area contributed by atoms with Crippen LogP contribution >= 0.6 is 0 Å². The SMILES string of the molecule is Cc1cc(NC(=O)CN2CCN(c3ccccc3C)C(=O)C2=O)no1. The second-order valence-corrected chi connectivity index (χ2v) is 5.84. The topological polar surface area (TPSA) is 95.8 Å². The van der Waals surface area contributed by atoms with Crippen LogP contribution < -0.4 is 10.2 Å². The molecule has 0 bridgehead atoms. The van der Waals surface area contributed by atoms with Crippen molar-refractivity contribution in [2.75, 3.05) is 29.9 Å². The van der Waals surface area contributed by atoms with Crippen LogP contribution in [0.2, 0.25) is 0 Å². The number of para-hydroxylation sites is 1. The third kappa shape index (κ3) is 3.52. The highest BCUT2D eigenvalue weighted by molar-refractivity contribution is 6.41. The monoisotopic (exact) mass is 342 g/mol. The molecular formula is C17H18N4O4. The maximum Gasteiger partial charge on any atom is 0.316 e. The lowest BCUT2D eigenvalue weighted by Crippen LogP contribution is -2.56.